The molecule has 0 amide bonds. The summed E-state index contributed by atoms with van der Waals surface area (Å²) in [7, 11) is -1.80. The number of pyridine rings is 1. The van der Waals surface area contributed by atoms with E-state index in [9.17, 15) is 17.4 Å². The van der Waals surface area contributed by atoms with Gasteiger partial charge in [0.25, 0.3) is 0 Å². The average Bonchev–Trinajstić information content (AvgIpc) is 2.27. The Morgan fingerprint density at radius 1 is 1.53 bits per heavy atom. The summed E-state index contributed by atoms with van der Waals surface area (Å²) in [6.07, 6.45) is -2.14. The lowest BCUT2D eigenvalue weighted by Gasteiger charge is -2.14. The molecular formula is C9H7F3N3OS-. The van der Waals surface area contributed by atoms with Crippen LogP contribution in [0.5, 0.6) is 0 Å². The van der Waals surface area contributed by atoms with Crippen molar-refractivity contribution in [1.82, 2.24) is 4.98 Å². The van der Waals surface area contributed by atoms with Crippen molar-refractivity contribution in [2.45, 2.75) is 18.3 Å². The van der Waals surface area contributed by atoms with E-state index in [4.69, 9.17) is 5.26 Å². The normalized spacial score (nSPS) is 15.2. The Bertz CT molecular complexity index is 512. The third kappa shape index (κ3) is 3.42. The summed E-state index contributed by atoms with van der Waals surface area (Å²) in [6, 6.07) is 1.97. The summed E-state index contributed by atoms with van der Waals surface area (Å²) >= 11 is 0. The number of aromatic nitrogens is 1. The maximum atomic E-state index is 12.2. The van der Waals surface area contributed by atoms with Crippen molar-refractivity contribution in [3.8, 4) is 6.19 Å². The van der Waals surface area contributed by atoms with E-state index in [1.807, 2.05) is 0 Å². The molecule has 0 N–H and O–H groups in total. The summed E-state index contributed by atoms with van der Waals surface area (Å²) in [5, 5.41) is 7.53. The summed E-state index contributed by atoms with van der Waals surface area (Å²) in [4.78, 5) is 3.23. The maximum absolute atomic E-state index is 12.2. The largest absolute Gasteiger partial charge is 0.443 e. The molecule has 0 fully saturated rings. The highest BCUT2D eigenvalue weighted by molar-refractivity contribution is 7.75. The van der Waals surface area contributed by atoms with Crippen molar-refractivity contribution in [2.75, 3.05) is 0 Å². The minimum absolute atomic E-state index is 0.329. The fraction of sp³-hybridized carbons (Fsp3) is 0.333. The Morgan fingerprint density at radius 3 is 2.59 bits per heavy atom. The van der Waals surface area contributed by atoms with E-state index >= 15 is 0 Å². The third-order valence-electron chi connectivity index (χ3n) is 1.98. The fourth-order valence-corrected chi connectivity index (χ4v) is 1.66. The predicted molar refractivity (Wildman–Crippen MR) is 53.7 cm³/mol. The summed E-state index contributed by atoms with van der Waals surface area (Å²) in [5.41, 5.74) is -0.688. The van der Waals surface area contributed by atoms with Gasteiger partial charge in [0.15, 0.2) is 6.19 Å². The number of nitrogens with zero attached hydrogens (tertiary/aromatic N) is 3. The fourth-order valence-electron chi connectivity index (χ4n) is 1.05. The first-order valence-electron chi connectivity index (χ1n) is 4.40. The van der Waals surface area contributed by atoms with E-state index in [-0.39, 0.29) is 0 Å². The number of halogens is 3. The zero-order valence-electron chi connectivity index (χ0n) is 8.60. The number of hydrogen-bond donors (Lipinski definition) is 0. The van der Waals surface area contributed by atoms with Gasteiger partial charge in [-0.2, -0.15) is 29.0 Å². The van der Waals surface area contributed by atoms with Crippen molar-refractivity contribution >= 4 is 10.6 Å². The topological polar surface area (TPSA) is 66.1 Å². The first-order chi connectivity index (χ1) is 7.86. The highest BCUT2D eigenvalue weighted by Crippen LogP contribution is 2.28. The molecule has 0 aliphatic rings. The molecule has 1 aromatic heterocycles. The molecule has 8 heteroatoms. The molecular weight excluding hydrogens is 255 g/mol. The summed E-state index contributed by atoms with van der Waals surface area (Å²) in [6.45, 7) is 1.49. The Morgan fingerprint density at radius 2 is 2.18 bits per heavy atom. The monoisotopic (exact) mass is 262 g/mol. The van der Waals surface area contributed by atoms with Crippen LogP contribution in [0.2, 0.25) is 0 Å². The van der Waals surface area contributed by atoms with E-state index in [2.05, 4.69) is 9.35 Å². The van der Waals surface area contributed by atoms with Crippen molar-refractivity contribution < 1.29 is 17.4 Å². The Labute approximate surface area is 97.3 Å². The number of rotatable bonds is 2. The molecule has 1 rings (SSSR count). The highest BCUT2D eigenvalue weighted by atomic mass is 32.2. The second kappa shape index (κ2) is 5.14. The van der Waals surface area contributed by atoms with Crippen LogP contribution in [-0.4, -0.2) is 4.98 Å². The molecule has 0 aliphatic heterocycles. The van der Waals surface area contributed by atoms with Crippen LogP contribution in [0, 0.1) is 11.5 Å². The van der Waals surface area contributed by atoms with Crippen LogP contribution >= 0.6 is 0 Å². The first kappa shape index (κ1) is 13.4. The van der Waals surface area contributed by atoms with Gasteiger partial charge in [-0.25, -0.2) is 0 Å². The molecule has 1 unspecified atom stereocenters. The molecule has 1 atom stereocenters. The number of nitriles is 1. The lowest BCUT2D eigenvalue weighted by molar-refractivity contribution is -0.141. The quantitative estimate of drug-likeness (QED) is 0.608. The van der Waals surface area contributed by atoms with Crippen LogP contribution in [0.1, 0.15) is 23.4 Å². The van der Waals surface area contributed by atoms with E-state index < -0.39 is 27.7 Å². The molecule has 0 radical (unpaired) electrons. The van der Waals surface area contributed by atoms with Crippen LogP contribution in [0.25, 0.3) is 0 Å². The molecule has 17 heavy (non-hydrogen) atoms. The summed E-state index contributed by atoms with van der Waals surface area (Å²) in [5.74, 6) is 0. The van der Waals surface area contributed by atoms with Crippen molar-refractivity contribution in [3.05, 3.63) is 29.6 Å². The van der Waals surface area contributed by atoms with Gasteiger partial charge in [-0.05, 0) is 11.6 Å². The molecule has 92 valence electrons. The first-order valence-corrected chi connectivity index (χ1v) is 5.57. The van der Waals surface area contributed by atoms with E-state index in [0.29, 0.717) is 5.56 Å². The van der Waals surface area contributed by atoms with Gasteiger partial charge in [-0.3, -0.25) is 9.35 Å². The molecule has 0 saturated heterocycles. The van der Waals surface area contributed by atoms with Crippen molar-refractivity contribution in [2.24, 2.45) is 4.36 Å². The number of alkyl halides is 3. The van der Waals surface area contributed by atoms with Crippen LogP contribution in [0.15, 0.2) is 22.7 Å². The third-order valence-corrected chi connectivity index (χ3v) is 3.12. The van der Waals surface area contributed by atoms with Gasteiger partial charge >= 0.3 is 6.18 Å². The van der Waals surface area contributed by atoms with Crippen LogP contribution in [0.3, 0.4) is 0 Å². The highest BCUT2D eigenvalue weighted by Gasteiger charge is 2.31. The minimum atomic E-state index is -4.50. The van der Waals surface area contributed by atoms with Gasteiger partial charge in [-0.15, -0.1) is 0 Å². The van der Waals surface area contributed by atoms with Crippen molar-refractivity contribution in [1.29, 1.82) is 5.26 Å². The number of hydrogen-bond acceptors (Lipinski definition) is 5. The maximum Gasteiger partial charge on any atom is 0.433 e. The minimum Gasteiger partial charge on any atom is -0.443 e. The zero-order chi connectivity index (χ0) is 13.1. The Hall–Kier alpha value is -1.62. The van der Waals surface area contributed by atoms with Gasteiger partial charge in [0, 0.05) is 6.20 Å². The molecule has 0 aromatic carbocycles. The van der Waals surface area contributed by atoms with Crippen LogP contribution in [0.4, 0.5) is 13.2 Å². The molecule has 0 bridgehead atoms. The summed E-state index contributed by atoms with van der Waals surface area (Å²) < 4.78 is 51.0. The SMILES string of the molecule is CC(c1ccc(C(F)(F)F)nc1)[S-](=O)=NC#N. The zero-order valence-corrected chi connectivity index (χ0v) is 9.42. The van der Waals surface area contributed by atoms with E-state index in [0.717, 1.165) is 12.3 Å². The second-order valence-electron chi connectivity index (χ2n) is 3.08. The average molecular weight is 262 g/mol. The lowest BCUT2D eigenvalue weighted by atomic mass is 10.2. The molecule has 0 aliphatic carbocycles. The molecule has 1 heterocycles. The predicted octanol–water partition coefficient (Wildman–Crippen LogP) is 2.79. The molecule has 0 saturated carbocycles. The van der Waals surface area contributed by atoms with Gasteiger partial charge < -0.3 is 4.21 Å². The second-order valence-corrected chi connectivity index (χ2v) is 4.53. The van der Waals surface area contributed by atoms with E-state index in [1.165, 1.54) is 19.2 Å². The molecule has 0 spiro atoms. The van der Waals surface area contributed by atoms with Crippen LogP contribution < -0.4 is 0 Å². The molecule has 4 nitrogen and oxygen atoms in total. The Balaban J connectivity index is 3.01. The smallest absolute Gasteiger partial charge is 0.433 e. The van der Waals surface area contributed by atoms with Crippen LogP contribution in [-0.2, 0) is 21.0 Å². The van der Waals surface area contributed by atoms with Gasteiger partial charge in [0.05, 0.1) is 0 Å². The standard InChI is InChI=1S/C9H7F3N3OS/c1-6(17(16)15-5-13)7-2-3-8(14-4-7)9(10,11)12/h2-4,6H,1H3/q-1. The van der Waals surface area contributed by atoms with E-state index in [1.54, 1.807) is 0 Å². The van der Waals surface area contributed by atoms with Gasteiger partial charge in [0.2, 0.25) is 0 Å². The molecule has 1 aromatic rings. The lowest BCUT2D eigenvalue weighted by Crippen LogP contribution is -2.08. The van der Waals surface area contributed by atoms with Gasteiger partial charge in [-0.1, -0.05) is 18.2 Å². The van der Waals surface area contributed by atoms with Crippen molar-refractivity contribution in [3.63, 3.8) is 0 Å². The Kier molecular flexibility index (Phi) is 4.07. The van der Waals surface area contributed by atoms with Gasteiger partial charge in [0.1, 0.15) is 5.69 Å².